The molecule has 2 aromatic carbocycles. The van der Waals surface area contributed by atoms with Crippen molar-refractivity contribution in [3.63, 3.8) is 0 Å². The van der Waals surface area contributed by atoms with Crippen molar-refractivity contribution in [3.8, 4) is 5.75 Å². The number of thioether (sulfide) groups is 1. The molecule has 2 N–H and O–H groups in total. The van der Waals surface area contributed by atoms with Gasteiger partial charge in [0.05, 0.1) is 34.7 Å². The van der Waals surface area contributed by atoms with Crippen molar-refractivity contribution in [2.45, 2.75) is 23.9 Å². The first-order valence-electron chi connectivity index (χ1n) is 9.40. The molecule has 1 heterocycles. The summed E-state index contributed by atoms with van der Waals surface area (Å²) in [5, 5.41) is 7.27. The van der Waals surface area contributed by atoms with E-state index in [1.807, 2.05) is 36.4 Å². The second kappa shape index (κ2) is 8.53. The van der Waals surface area contributed by atoms with Gasteiger partial charge in [0.15, 0.2) is 0 Å². The maximum Gasteiger partial charge on any atom is 0.256 e. The fraction of sp³-hybridized carbons (Fsp3) is 0.227. The molecule has 1 aromatic heterocycles. The van der Waals surface area contributed by atoms with Gasteiger partial charge in [0.2, 0.25) is 5.91 Å². The van der Waals surface area contributed by atoms with E-state index in [1.165, 1.54) is 11.8 Å². The summed E-state index contributed by atoms with van der Waals surface area (Å²) in [6.45, 7) is 0. The number of fused-ring (bicyclic) bond motifs is 1. The maximum atomic E-state index is 13.1. The summed E-state index contributed by atoms with van der Waals surface area (Å²) in [6.07, 6.45) is 2.11. The predicted octanol–water partition coefficient (Wildman–Crippen LogP) is 3.87. The number of hydrogen-bond acceptors (Lipinski definition) is 5. The number of nitrogens with one attached hydrogen (secondary N) is 2. The van der Waals surface area contributed by atoms with Gasteiger partial charge in [-0.1, -0.05) is 42.1 Å². The van der Waals surface area contributed by atoms with Crippen LogP contribution in [0.1, 0.15) is 23.2 Å². The standard InChI is InChI=1S/C22H21N3O3S/c1-28-19-9-5-4-8-18(19)25-22(27)16-12-21(24-17-7-3-2-6-15(16)17)29-13-20(26)23-14-10-11-14/h2-9,12,14H,10-11,13H2,1H3,(H,23,26)(H,25,27). The third-order valence-electron chi connectivity index (χ3n) is 4.59. The number of para-hydroxylation sites is 3. The third-order valence-corrected chi connectivity index (χ3v) is 5.50. The van der Waals surface area contributed by atoms with E-state index >= 15 is 0 Å². The number of aromatic nitrogens is 1. The number of pyridine rings is 1. The van der Waals surface area contributed by atoms with Crippen LogP contribution in [0, 0.1) is 0 Å². The van der Waals surface area contributed by atoms with E-state index in [0.29, 0.717) is 33.6 Å². The number of anilines is 1. The van der Waals surface area contributed by atoms with Gasteiger partial charge in [-0.2, -0.15) is 0 Å². The second-order valence-electron chi connectivity index (χ2n) is 6.81. The van der Waals surface area contributed by atoms with E-state index in [-0.39, 0.29) is 17.6 Å². The quantitative estimate of drug-likeness (QED) is 0.581. The molecular formula is C22H21N3O3S. The molecule has 0 aliphatic heterocycles. The van der Waals surface area contributed by atoms with E-state index in [4.69, 9.17) is 4.74 Å². The Labute approximate surface area is 173 Å². The van der Waals surface area contributed by atoms with Crippen LogP contribution >= 0.6 is 11.8 Å². The molecule has 0 spiro atoms. The molecule has 7 heteroatoms. The molecule has 148 valence electrons. The van der Waals surface area contributed by atoms with Crippen LogP contribution in [-0.4, -0.2) is 35.7 Å². The molecular weight excluding hydrogens is 386 g/mol. The first kappa shape index (κ1) is 19.3. The van der Waals surface area contributed by atoms with Crippen LogP contribution in [0.15, 0.2) is 59.6 Å². The van der Waals surface area contributed by atoms with Gasteiger partial charge in [0.25, 0.3) is 5.91 Å². The molecule has 0 bridgehead atoms. The number of carbonyl (C=O) groups excluding carboxylic acids is 2. The predicted molar refractivity (Wildman–Crippen MR) is 115 cm³/mol. The molecule has 3 aromatic rings. The van der Waals surface area contributed by atoms with Gasteiger partial charge in [-0.25, -0.2) is 4.98 Å². The first-order valence-corrected chi connectivity index (χ1v) is 10.4. The number of nitrogens with zero attached hydrogens (tertiary/aromatic N) is 1. The lowest BCUT2D eigenvalue weighted by molar-refractivity contribution is -0.118. The van der Waals surface area contributed by atoms with E-state index < -0.39 is 0 Å². The number of benzene rings is 2. The van der Waals surface area contributed by atoms with Crippen LogP contribution in [0.25, 0.3) is 10.9 Å². The average Bonchev–Trinajstić information content (AvgIpc) is 3.56. The fourth-order valence-corrected chi connectivity index (χ4v) is 3.71. The highest BCUT2D eigenvalue weighted by molar-refractivity contribution is 7.99. The Kier molecular flexibility index (Phi) is 5.67. The zero-order valence-corrected chi connectivity index (χ0v) is 16.8. The van der Waals surface area contributed by atoms with Gasteiger partial charge in [-0.15, -0.1) is 0 Å². The fourth-order valence-electron chi connectivity index (χ4n) is 2.99. The normalized spacial score (nSPS) is 13.1. The van der Waals surface area contributed by atoms with Gasteiger partial charge >= 0.3 is 0 Å². The molecule has 6 nitrogen and oxygen atoms in total. The molecule has 4 rings (SSSR count). The molecule has 1 aliphatic carbocycles. The average molecular weight is 407 g/mol. The van der Waals surface area contributed by atoms with Crippen molar-refractivity contribution in [2.75, 3.05) is 18.2 Å². The summed E-state index contributed by atoms with van der Waals surface area (Å²) < 4.78 is 5.32. The lowest BCUT2D eigenvalue weighted by Crippen LogP contribution is -2.27. The molecule has 0 saturated heterocycles. The van der Waals surface area contributed by atoms with Gasteiger partial charge in [-0.3, -0.25) is 9.59 Å². The maximum absolute atomic E-state index is 13.1. The molecule has 29 heavy (non-hydrogen) atoms. The summed E-state index contributed by atoms with van der Waals surface area (Å²) in [6, 6.07) is 16.8. The van der Waals surface area contributed by atoms with Crippen LogP contribution in [0.5, 0.6) is 5.75 Å². The van der Waals surface area contributed by atoms with Crippen molar-refractivity contribution >= 4 is 40.2 Å². The number of methoxy groups -OCH3 is 1. The van der Waals surface area contributed by atoms with Crippen molar-refractivity contribution in [3.05, 3.63) is 60.2 Å². The van der Waals surface area contributed by atoms with Gasteiger partial charge in [0, 0.05) is 11.4 Å². The number of ether oxygens (including phenoxy) is 1. The Morgan fingerprint density at radius 3 is 2.69 bits per heavy atom. The first-order chi connectivity index (χ1) is 14.1. The summed E-state index contributed by atoms with van der Waals surface area (Å²) in [5.41, 5.74) is 1.82. The van der Waals surface area contributed by atoms with Gasteiger partial charge in [-0.05, 0) is 37.1 Å². The minimum Gasteiger partial charge on any atom is -0.495 e. The minimum atomic E-state index is -0.252. The van der Waals surface area contributed by atoms with Gasteiger partial charge < -0.3 is 15.4 Å². The van der Waals surface area contributed by atoms with Crippen molar-refractivity contribution in [1.29, 1.82) is 0 Å². The zero-order valence-electron chi connectivity index (χ0n) is 16.0. The Hall–Kier alpha value is -3.06. The Bertz CT molecular complexity index is 1070. The number of hydrogen-bond donors (Lipinski definition) is 2. The molecule has 0 atom stereocenters. The van der Waals surface area contributed by atoms with Crippen molar-refractivity contribution < 1.29 is 14.3 Å². The highest BCUT2D eigenvalue weighted by Gasteiger charge is 2.23. The minimum absolute atomic E-state index is 0.00696. The molecule has 0 radical (unpaired) electrons. The highest BCUT2D eigenvalue weighted by Crippen LogP contribution is 2.28. The Balaban J connectivity index is 1.59. The van der Waals surface area contributed by atoms with E-state index in [9.17, 15) is 9.59 Å². The van der Waals surface area contributed by atoms with Crippen LogP contribution in [0.3, 0.4) is 0 Å². The summed E-state index contributed by atoms with van der Waals surface area (Å²) in [5.74, 6) is 0.602. The van der Waals surface area contributed by atoms with E-state index in [0.717, 1.165) is 18.2 Å². The van der Waals surface area contributed by atoms with Crippen LogP contribution in [0.4, 0.5) is 5.69 Å². The van der Waals surface area contributed by atoms with Crippen molar-refractivity contribution in [1.82, 2.24) is 10.3 Å². The van der Waals surface area contributed by atoms with Crippen LogP contribution in [-0.2, 0) is 4.79 Å². The molecule has 1 saturated carbocycles. The monoisotopic (exact) mass is 407 g/mol. The topological polar surface area (TPSA) is 80.3 Å². The molecule has 0 unspecified atom stereocenters. The van der Waals surface area contributed by atoms with Crippen molar-refractivity contribution in [2.24, 2.45) is 0 Å². The molecule has 1 aliphatic rings. The van der Waals surface area contributed by atoms with E-state index in [1.54, 1.807) is 25.3 Å². The SMILES string of the molecule is COc1ccccc1NC(=O)c1cc(SCC(=O)NC2CC2)nc2ccccc12. The Morgan fingerprint density at radius 1 is 1.14 bits per heavy atom. The zero-order chi connectivity index (χ0) is 20.2. The highest BCUT2D eigenvalue weighted by atomic mass is 32.2. The largest absolute Gasteiger partial charge is 0.495 e. The third kappa shape index (κ3) is 4.68. The number of carbonyl (C=O) groups is 2. The molecule has 1 fully saturated rings. The lowest BCUT2D eigenvalue weighted by Gasteiger charge is -2.12. The summed E-state index contributed by atoms with van der Waals surface area (Å²) >= 11 is 1.33. The summed E-state index contributed by atoms with van der Waals surface area (Å²) in [7, 11) is 1.56. The second-order valence-corrected chi connectivity index (χ2v) is 7.81. The smallest absolute Gasteiger partial charge is 0.256 e. The van der Waals surface area contributed by atoms with Crippen LogP contribution in [0.2, 0.25) is 0 Å². The summed E-state index contributed by atoms with van der Waals surface area (Å²) in [4.78, 5) is 29.7. The molecule has 2 amide bonds. The van der Waals surface area contributed by atoms with Crippen LogP contribution < -0.4 is 15.4 Å². The lowest BCUT2D eigenvalue weighted by atomic mass is 10.1. The number of amides is 2. The Morgan fingerprint density at radius 2 is 1.90 bits per heavy atom. The number of rotatable bonds is 7. The van der Waals surface area contributed by atoms with E-state index in [2.05, 4.69) is 15.6 Å². The van der Waals surface area contributed by atoms with Gasteiger partial charge in [0.1, 0.15) is 5.75 Å².